The molecule has 1 aromatic carbocycles. The lowest BCUT2D eigenvalue weighted by Crippen LogP contribution is -1.95. The predicted octanol–water partition coefficient (Wildman–Crippen LogP) is 3.29. The van der Waals surface area contributed by atoms with Crippen LogP contribution in [-0.2, 0) is 6.42 Å². The van der Waals surface area contributed by atoms with Gasteiger partial charge in [0.15, 0.2) is 0 Å². The first-order valence-corrected chi connectivity index (χ1v) is 4.88. The summed E-state index contributed by atoms with van der Waals surface area (Å²) < 4.78 is 0. The summed E-state index contributed by atoms with van der Waals surface area (Å²) in [7, 11) is 0. The van der Waals surface area contributed by atoms with Gasteiger partial charge in [0.25, 0.3) is 0 Å². The van der Waals surface area contributed by atoms with Gasteiger partial charge in [0.2, 0.25) is 0 Å². The third-order valence-electron chi connectivity index (χ3n) is 2.36. The molecule has 0 saturated heterocycles. The van der Waals surface area contributed by atoms with Crippen molar-refractivity contribution in [1.29, 1.82) is 0 Å². The first-order chi connectivity index (χ1) is 6.11. The van der Waals surface area contributed by atoms with Crippen molar-refractivity contribution in [3.63, 3.8) is 0 Å². The molecule has 0 spiro atoms. The maximum absolute atomic E-state index is 9.60. The van der Waals surface area contributed by atoms with E-state index in [0.717, 1.165) is 18.4 Å². The third kappa shape index (κ3) is 2.76. The molecule has 0 atom stereocenters. The zero-order chi connectivity index (χ0) is 9.84. The zero-order valence-corrected chi connectivity index (χ0v) is 8.67. The van der Waals surface area contributed by atoms with E-state index in [9.17, 15) is 5.11 Å². The van der Waals surface area contributed by atoms with Crippen LogP contribution in [0, 0.1) is 12.8 Å². The van der Waals surface area contributed by atoms with Crippen molar-refractivity contribution < 1.29 is 5.11 Å². The smallest absolute Gasteiger partial charge is 0.119 e. The monoisotopic (exact) mass is 178 g/mol. The van der Waals surface area contributed by atoms with Crippen LogP contribution in [0.25, 0.3) is 0 Å². The van der Waals surface area contributed by atoms with Crippen LogP contribution in [0.1, 0.15) is 31.4 Å². The van der Waals surface area contributed by atoms with E-state index in [0.29, 0.717) is 11.7 Å². The van der Waals surface area contributed by atoms with Gasteiger partial charge >= 0.3 is 0 Å². The van der Waals surface area contributed by atoms with Gasteiger partial charge < -0.3 is 5.11 Å². The molecule has 1 nitrogen and oxygen atoms in total. The molecule has 0 radical (unpaired) electrons. The van der Waals surface area contributed by atoms with Gasteiger partial charge in [-0.05, 0) is 42.9 Å². The Morgan fingerprint density at radius 1 is 1.31 bits per heavy atom. The molecule has 1 N–H and O–H groups in total. The van der Waals surface area contributed by atoms with E-state index < -0.39 is 0 Å². The summed E-state index contributed by atoms with van der Waals surface area (Å²) in [6.45, 7) is 6.46. The summed E-state index contributed by atoms with van der Waals surface area (Å²) in [4.78, 5) is 0. The fourth-order valence-electron chi connectivity index (χ4n) is 1.45. The number of hydrogen-bond donors (Lipinski definition) is 1. The molecule has 0 saturated carbocycles. The number of rotatable bonds is 3. The number of aromatic hydroxyl groups is 1. The zero-order valence-electron chi connectivity index (χ0n) is 8.67. The summed E-state index contributed by atoms with van der Waals surface area (Å²) in [6.07, 6.45) is 2.12. The molecule has 0 aliphatic rings. The van der Waals surface area contributed by atoms with Crippen molar-refractivity contribution in [3.8, 4) is 5.75 Å². The highest BCUT2D eigenvalue weighted by Gasteiger charge is 2.04. The molecule has 0 aliphatic carbocycles. The molecular formula is C12H18O. The second-order valence-corrected chi connectivity index (χ2v) is 4.01. The van der Waals surface area contributed by atoms with Gasteiger partial charge in [-0.1, -0.05) is 26.0 Å². The maximum atomic E-state index is 9.60. The first kappa shape index (κ1) is 10.1. The average molecular weight is 178 g/mol. The second-order valence-electron chi connectivity index (χ2n) is 4.01. The molecule has 13 heavy (non-hydrogen) atoms. The van der Waals surface area contributed by atoms with Gasteiger partial charge in [0.1, 0.15) is 5.75 Å². The van der Waals surface area contributed by atoms with Crippen LogP contribution < -0.4 is 0 Å². The molecule has 0 aromatic heterocycles. The van der Waals surface area contributed by atoms with E-state index in [1.807, 2.05) is 6.07 Å². The standard InChI is InChI=1S/C12H18O/c1-9(2)7-8-11-10(3)5-4-6-12(11)13/h4-6,9,13H,7-8H2,1-3H3. The summed E-state index contributed by atoms with van der Waals surface area (Å²) in [5.41, 5.74) is 2.30. The van der Waals surface area contributed by atoms with Crippen LogP contribution >= 0.6 is 0 Å². The second kappa shape index (κ2) is 4.31. The topological polar surface area (TPSA) is 20.2 Å². The lowest BCUT2D eigenvalue weighted by atomic mass is 9.98. The van der Waals surface area contributed by atoms with E-state index >= 15 is 0 Å². The van der Waals surface area contributed by atoms with E-state index in [2.05, 4.69) is 26.8 Å². The fraction of sp³-hybridized carbons (Fsp3) is 0.500. The Bertz CT molecular complexity index is 256. The summed E-state index contributed by atoms with van der Waals surface area (Å²) >= 11 is 0. The van der Waals surface area contributed by atoms with Gasteiger partial charge in [0, 0.05) is 0 Å². The summed E-state index contributed by atoms with van der Waals surface area (Å²) in [5.74, 6) is 1.14. The van der Waals surface area contributed by atoms with Gasteiger partial charge in [-0.3, -0.25) is 0 Å². The Morgan fingerprint density at radius 3 is 2.54 bits per heavy atom. The molecular weight excluding hydrogens is 160 g/mol. The lowest BCUT2D eigenvalue weighted by Gasteiger charge is -2.09. The number of aryl methyl sites for hydroxylation is 1. The van der Waals surface area contributed by atoms with Crippen molar-refractivity contribution in [1.82, 2.24) is 0 Å². The average Bonchev–Trinajstić information content (AvgIpc) is 2.03. The maximum Gasteiger partial charge on any atom is 0.119 e. The minimum Gasteiger partial charge on any atom is -0.508 e. The van der Waals surface area contributed by atoms with Gasteiger partial charge in [0.05, 0.1) is 0 Å². The Kier molecular flexibility index (Phi) is 3.35. The van der Waals surface area contributed by atoms with Crippen molar-refractivity contribution in [2.24, 2.45) is 5.92 Å². The van der Waals surface area contributed by atoms with E-state index in [1.54, 1.807) is 6.07 Å². The van der Waals surface area contributed by atoms with Crippen LogP contribution in [0.3, 0.4) is 0 Å². The van der Waals surface area contributed by atoms with Crippen molar-refractivity contribution >= 4 is 0 Å². The van der Waals surface area contributed by atoms with Gasteiger partial charge in [-0.2, -0.15) is 0 Å². The molecule has 0 heterocycles. The van der Waals surface area contributed by atoms with Gasteiger partial charge in [-0.25, -0.2) is 0 Å². The highest BCUT2D eigenvalue weighted by atomic mass is 16.3. The Balaban J connectivity index is 2.75. The molecule has 0 unspecified atom stereocenters. The molecule has 0 fully saturated rings. The van der Waals surface area contributed by atoms with Crippen LogP contribution in [0.15, 0.2) is 18.2 Å². The molecule has 0 aliphatic heterocycles. The summed E-state index contributed by atoms with van der Waals surface area (Å²) in [6, 6.07) is 5.71. The van der Waals surface area contributed by atoms with E-state index in [4.69, 9.17) is 0 Å². The highest BCUT2D eigenvalue weighted by molar-refractivity contribution is 5.38. The van der Waals surface area contributed by atoms with Crippen LogP contribution in [-0.4, -0.2) is 5.11 Å². The molecule has 0 amide bonds. The predicted molar refractivity (Wildman–Crippen MR) is 56.0 cm³/mol. The van der Waals surface area contributed by atoms with Crippen LogP contribution in [0.2, 0.25) is 0 Å². The van der Waals surface area contributed by atoms with Crippen molar-refractivity contribution in [2.75, 3.05) is 0 Å². The molecule has 1 rings (SSSR count). The molecule has 72 valence electrons. The Morgan fingerprint density at radius 2 is 2.00 bits per heavy atom. The Hall–Kier alpha value is -0.980. The van der Waals surface area contributed by atoms with Crippen LogP contribution in [0.5, 0.6) is 5.75 Å². The quantitative estimate of drug-likeness (QED) is 0.753. The van der Waals surface area contributed by atoms with Crippen LogP contribution in [0.4, 0.5) is 0 Å². The molecule has 0 bridgehead atoms. The minimum absolute atomic E-state index is 0.445. The van der Waals surface area contributed by atoms with Crippen molar-refractivity contribution in [2.45, 2.75) is 33.6 Å². The fourth-order valence-corrected chi connectivity index (χ4v) is 1.45. The van der Waals surface area contributed by atoms with E-state index in [1.165, 1.54) is 5.56 Å². The third-order valence-corrected chi connectivity index (χ3v) is 2.36. The Labute approximate surface area is 80.4 Å². The highest BCUT2D eigenvalue weighted by Crippen LogP contribution is 2.23. The lowest BCUT2D eigenvalue weighted by molar-refractivity contribution is 0.462. The normalized spacial score (nSPS) is 10.8. The SMILES string of the molecule is Cc1cccc(O)c1CCC(C)C. The number of hydrogen-bond acceptors (Lipinski definition) is 1. The molecule has 1 aromatic rings. The van der Waals surface area contributed by atoms with Gasteiger partial charge in [-0.15, -0.1) is 0 Å². The first-order valence-electron chi connectivity index (χ1n) is 4.88. The van der Waals surface area contributed by atoms with E-state index in [-0.39, 0.29) is 0 Å². The molecule has 1 heteroatoms. The van der Waals surface area contributed by atoms with Crippen molar-refractivity contribution in [3.05, 3.63) is 29.3 Å². The summed E-state index contributed by atoms with van der Waals surface area (Å²) in [5, 5.41) is 9.60. The number of phenols is 1. The largest absolute Gasteiger partial charge is 0.508 e. The minimum atomic E-state index is 0.445. The number of phenolic OH excluding ortho intramolecular Hbond substituents is 1. The number of benzene rings is 1.